The summed E-state index contributed by atoms with van der Waals surface area (Å²) in [5.41, 5.74) is 20.4. The van der Waals surface area contributed by atoms with Crippen LogP contribution in [0.25, 0.3) is 94.8 Å². The van der Waals surface area contributed by atoms with Crippen LogP contribution in [0, 0.1) is 0 Å². The highest BCUT2D eigenvalue weighted by Crippen LogP contribution is 2.64. The van der Waals surface area contributed by atoms with E-state index in [0.717, 1.165) is 55.8 Å². The first-order valence-electron chi connectivity index (χ1n) is 21.3. The zero-order chi connectivity index (χ0) is 40.8. The van der Waals surface area contributed by atoms with E-state index in [-0.39, 0.29) is 0 Å². The molecule has 0 radical (unpaired) electrons. The lowest BCUT2D eigenvalue weighted by atomic mass is 9.70. The van der Waals surface area contributed by atoms with E-state index in [2.05, 4.69) is 229 Å². The average molecular weight is 788 g/mol. The highest BCUT2D eigenvalue weighted by molar-refractivity contribution is 6.16. The number of hydrogen-bond acceptors (Lipinski definition) is 2. The van der Waals surface area contributed by atoms with Crippen molar-refractivity contribution in [3.63, 3.8) is 0 Å². The van der Waals surface area contributed by atoms with E-state index in [9.17, 15) is 0 Å². The summed E-state index contributed by atoms with van der Waals surface area (Å²) in [7, 11) is 0. The van der Waals surface area contributed by atoms with Crippen molar-refractivity contribution >= 4 is 21.8 Å². The molecule has 0 saturated carbocycles. The Bertz CT molecular complexity index is 3430. The zero-order valence-electron chi connectivity index (χ0n) is 33.7. The quantitative estimate of drug-likeness (QED) is 0.174. The van der Waals surface area contributed by atoms with Gasteiger partial charge in [0.25, 0.3) is 0 Å². The van der Waals surface area contributed by atoms with Gasteiger partial charge >= 0.3 is 0 Å². The van der Waals surface area contributed by atoms with Crippen LogP contribution in [-0.2, 0) is 5.41 Å². The first-order chi connectivity index (χ1) is 30.8. The average Bonchev–Trinajstić information content (AvgIpc) is 3.96. The second kappa shape index (κ2) is 13.4. The monoisotopic (exact) mass is 787 g/mol. The molecule has 0 N–H and O–H groups in total. The van der Waals surface area contributed by atoms with E-state index in [1.54, 1.807) is 0 Å². The van der Waals surface area contributed by atoms with Gasteiger partial charge in [0.1, 0.15) is 0 Å². The molecule has 0 atom stereocenters. The predicted octanol–water partition coefficient (Wildman–Crippen LogP) is 14.6. The maximum atomic E-state index is 5.65. The van der Waals surface area contributed by atoms with Crippen molar-refractivity contribution in [3.8, 4) is 73.0 Å². The van der Waals surface area contributed by atoms with Gasteiger partial charge in [-0.15, -0.1) is 0 Å². The summed E-state index contributed by atoms with van der Waals surface area (Å²) in [6, 6.07) is 81.3. The van der Waals surface area contributed by atoms with Gasteiger partial charge in [0.2, 0.25) is 5.95 Å². The van der Waals surface area contributed by atoms with Crippen LogP contribution in [0.4, 0.5) is 0 Å². The molecule has 62 heavy (non-hydrogen) atoms. The molecule has 11 aromatic rings. The third-order valence-electron chi connectivity index (χ3n) is 13.3. The predicted molar refractivity (Wildman–Crippen MR) is 254 cm³/mol. The molecular formula is C59H37N3. The van der Waals surface area contributed by atoms with Crippen molar-refractivity contribution in [2.75, 3.05) is 0 Å². The molecule has 0 amide bonds. The van der Waals surface area contributed by atoms with Crippen molar-refractivity contribution < 1.29 is 0 Å². The van der Waals surface area contributed by atoms with Gasteiger partial charge in [0, 0.05) is 27.5 Å². The van der Waals surface area contributed by atoms with E-state index < -0.39 is 5.41 Å². The van der Waals surface area contributed by atoms with Crippen LogP contribution >= 0.6 is 0 Å². The molecule has 3 heteroatoms. The minimum absolute atomic E-state index is 0.480. The molecule has 0 aliphatic heterocycles. The number of benzene rings is 9. The smallest absolute Gasteiger partial charge is 0.235 e. The topological polar surface area (TPSA) is 30.7 Å². The van der Waals surface area contributed by atoms with Crippen LogP contribution in [0.3, 0.4) is 0 Å². The lowest BCUT2D eigenvalue weighted by Gasteiger charge is -2.30. The molecule has 0 bridgehead atoms. The standard InChI is InChI=1S/C59H37N3/c1-3-19-38(20-4-1)40-23-7-9-27-44(40)53-37-54(45-28-10-8-24-41(45)39-21-5-2-6-22-39)61-58(60-53)62-55-34-18-14-29-46(55)47-35-36-52-56(57(47)62)48-30-13-17-33-51(48)59(52)49-31-15-11-25-42(49)43-26-12-16-32-50(43)59/h1-37H. The molecular weight excluding hydrogens is 751 g/mol. The van der Waals surface area contributed by atoms with Crippen LogP contribution in [0.15, 0.2) is 224 Å². The molecule has 0 unspecified atom stereocenters. The molecule has 13 rings (SSSR count). The molecule has 0 saturated heterocycles. The summed E-state index contributed by atoms with van der Waals surface area (Å²) < 4.78 is 2.36. The molecule has 288 valence electrons. The number of aromatic nitrogens is 3. The van der Waals surface area contributed by atoms with Gasteiger partial charge in [0.05, 0.1) is 27.8 Å². The number of nitrogens with zero attached hydrogens (tertiary/aromatic N) is 3. The molecule has 2 aliphatic rings. The van der Waals surface area contributed by atoms with Gasteiger partial charge in [0.15, 0.2) is 0 Å². The number of para-hydroxylation sites is 1. The largest absolute Gasteiger partial charge is 0.277 e. The zero-order valence-corrected chi connectivity index (χ0v) is 33.7. The van der Waals surface area contributed by atoms with E-state index in [4.69, 9.17) is 9.97 Å². The fraction of sp³-hybridized carbons (Fsp3) is 0.0169. The SMILES string of the molecule is c1ccc(-c2ccccc2-c2cc(-c3ccccc3-c3ccccc3)nc(-n3c4ccccc4c4ccc5c(c43)-c3ccccc3C53c4ccccc4-c4ccccc43)n2)cc1. The van der Waals surface area contributed by atoms with Gasteiger partial charge in [-0.2, -0.15) is 0 Å². The lowest BCUT2D eigenvalue weighted by molar-refractivity contribution is 0.794. The van der Waals surface area contributed by atoms with Gasteiger partial charge in [-0.05, 0) is 73.3 Å². The Kier molecular flexibility index (Phi) is 7.52. The lowest BCUT2D eigenvalue weighted by Crippen LogP contribution is -2.25. The van der Waals surface area contributed by atoms with E-state index in [1.807, 2.05) is 0 Å². The van der Waals surface area contributed by atoms with Crippen LogP contribution in [-0.4, -0.2) is 14.5 Å². The molecule has 2 aromatic heterocycles. The Morgan fingerprint density at radius 2 is 0.758 bits per heavy atom. The Labute approximate surface area is 359 Å². The maximum Gasteiger partial charge on any atom is 0.235 e. The summed E-state index contributed by atoms with van der Waals surface area (Å²) in [5, 5.41) is 2.34. The second-order valence-electron chi connectivity index (χ2n) is 16.4. The summed E-state index contributed by atoms with van der Waals surface area (Å²) in [6.07, 6.45) is 0. The van der Waals surface area contributed by atoms with Crippen LogP contribution in [0.2, 0.25) is 0 Å². The Hall–Kier alpha value is -8.14. The Morgan fingerprint density at radius 3 is 1.32 bits per heavy atom. The number of rotatable bonds is 5. The van der Waals surface area contributed by atoms with E-state index >= 15 is 0 Å². The highest BCUT2D eigenvalue weighted by atomic mass is 15.2. The van der Waals surface area contributed by atoms with Crippen LogP contribution < -0.4 is 0 Å². The molecule has 9 aromatic carbocycles. The second-order valence-corrected chi connectivity index (χ2v) is 16.4. The first kappa shape index (κ1) is 34.7. The van der Waals surface area contributed by atoms with Gasteiger partial charge in [-0.1, -0.05) is 212 Å². The molecule has 1 spiro atoms. The van der Waals surface area contributed by atoms with Crippen molar-refractivity contribution in [3.05, 3.63) is 247 Å². The summed E-state index contributed by atoms with van der Waals surface area (Å²) >= 11 is 0. The summed E-state index contributed by atoms with van der Waals surface area (Å²) in [6.45, 7) is 0. The fourth-order valence-electron chi connectivity index (χ4n) is 10.8. The normalized spacial score (nSPS) is 13.0. The minimum Gasteiger partial charge on any atom is -0.277 e. The van der Waals surface area contributed by atoms with Gasteiger partial charge < -0.3 is 0 Å². The third-order valence-corrected chi connectivity index (χ3v) is 13.3. The van der Waals surface area contributed by atoms with Crippen LogP contribution in [0.1, 0.15) is 22.3 Å². The maximum absolute atomic E-state index is 5.65. The molecule has 0 fully saturated rings. The van der Waals surface area contributed by atoms with Crippen molar-refractivity contribution in [1.82, 2.24) is 14.5 Å². The van der Waals surface area contributed by atoms with E-state index in [0.29, 0.717) is 5.95 Å². The van der Waals surface area contributed by atoms with Crippen LogP contribution in [0.5, 0.6) is 0 Å². The third kappa shape index (κ3) is 4.82. The number of fused-ring (bicyclic) bond motifs is 14. The molecule has 3 nitrogen and oxygen atoms in total. The Balaban J connectivity index is 1.16. The fourth-order valence-corrected chi connectivity index (χ4v) is 10.8. The van der Waals surface area contributed by atoms with Crippen molar-refractivity contribution in [1.29, 1.82) is 0 Å². The summed E-state index contributed by atoms with van der Waals surface area (Å²) in [4.78, 5) is 11.3. The number of hydrogen-bond donors (Lipinski definition) is 0. The van der Waals surface area contributed by atoms with Gasteiger partial charge in [-0.25, -0.2) is 9.97 Å². The highest BCUT2D eigenvalue weighted by Gasteiger charge is 2.52. The van der Waals surface area contributed by atoms with Crippen molar-refractivity contribution in [2.24, 2.45) is 0 Å². The summed E-state index contributed by atoms with van der Waals surface area (Å²) in [5.74, 6) is 0.633. The first-order valence-corrected chi connectivity index (χ1v) is 21.3. The molecule has 2 aliphatic carbocycles. The molecule has 2 heterocycles. The minimum atomic E-state index is -0.480. The van der Waals surface area contributed by atoms with E-state index in [1.165, 1.54) is 55.3 Å². The van der Waals surface area contributed by atoms with Crippen molar-refractivity contribution in [2.45, 2.75) is 5.41 Å². The Morgan fingerprint density at radius 1 is 0.323 bits per heavy atom. The van der Waals surface area contributed by atoms with Gasteiger partial charge in [-0.3, -0.25) is 4.57 Å².